The van der Waals surface area contributed by atoms with Gasteiger partial charge in [-0.3, -0.25) is 9.59 Å². The molecule has 0 aliphatic heterocycles. The molecule has 4 N–H and O–H groups in total. The highest BCUT2D eigenvalue weighted by Crippen LogP contribution is 2.24. The van der Waals surface area contributed by atoms with E-state index in [4.69, 9.17) is 23.2 Å². The molecule has 0 saturated heterocycles. The lowest BCUT2D eigenvalue weighted by Gasteiger charge is -2.27. The zero-order chi connectivity index (χ0) is 29.4. The first-order valence-electron chi connectivity index (χ1n) is 12.9. The Morgan fingerprint density at radius 2 is 1.57 bits per heavy atom. The van der Waals surface area contributed by atoms with Gasteiger partial charge in [0, 0.05) is 24.7 Å². The van der Waals surface area contributed by atoms with Crippen LogP contribution in [-0.2, 0) is 24.2 Å². The smallest absolute Gasteiger partial charge is 0.249 e. The second-order valence-electron chi connectivity index (χ2n) is 9.70. The number of ketones is 1. The van der Waals surface area contributed by atoms with Crippen LogP contribution >= 0.6 is 23.2 Å². The molecule has 0 aromatic heterocycles. The molecule has 0 saturated carbocycles. The third kappa shape index (κ3) is 8.81. The zero-order valence-electron chi connectivity index (χ0n) is 22.1. The van der Waals surface area contributed by atoms with E-state index < -0.39 is 47.5 Å². The summed E-state index contributed by atoms with van der Waals surface area (Å²) in [5.41, 5.74) is 2.53. The summed E-state index contributed by atoms with van der Waals surface area (Å²) in [6.45, 7) is 3.91. The van der Waals surface area contributed by atoms with Crippen molar-refractivity contribution < 1.29 is 28.6 Å². The molecule has 3 aromatic rings. The molecule has 40 heavy (non-hydrogen) atoms. The molecule has 0 aliphatic rings. The fourth-order valence-electron chi connectivity index (χ4n) is 4.28. The number of aryl methyl sites for hydroxylation is 1. The zero-order valence-corrected chi connectivity index (χ0v) is 23.6. The Morgan fingerprint density at radius 3 is 2.23 bits per heavy atom. The highest BCUT2D eigenvalue weighted by molar-refractivity contribution is 6.42. The Balaban J connectivity index is 1.72. The second kappa shape index (κ2) is 14.7. The van der Waals surface area contributed by atoms with E-state index in [9.17, 15) is 28.6 Å². The van der Waals surface area contributed by atoms with Gasteiger partial charge in [0.05, 0.1) is 28.1 Å². The van der Waals surface area contributed by atoms with Crippen LogP contribution in [-0.4, -0.2) is 46.7 Å². The quantitative estimate of drug-likeness (QED) is 0.212. The summed E-state index contributed by atoms with van der Waals surface area (Å²) in [4.78, 5) is 25.9. The van der Waals surface area contributed by atoms with Gasteiger partial charge in [0.2, 0.25) is 5.91 Å². The number of benzene rings is 3. The summed E-state index contributed by atoms with van der Waals surface area (Å²) in [5, 5.41) is 27.7. The SMILES string of the molecule is CCc1cccc(CNC[C@@H](O)[C@H](Cc2cc(F)cc(F)c2)NC(=O)C(O)C(C)C(=O)c2ccc(Cl)c(Cl)c2)c1. The molecule has 10 heteroatoms. The van der Waals surface area contributed by atoms with Crippen LogP contribution in [0, 0.1) is 17.6 Å². The molecule has 0 spiro atoms. The fourth-order valence-corrected chi connectivity index (χ4v) is 4.58. The van der Waals surface area contributed by atoms with E-state index in [1.807, 2.05) is 31.2 Å². The minimum Gasteiger partial charge on any atom is -0.390 e. The summed E-state index contributed by atoms with van der Waals surface area (Å²) in [5.74, 6) is -4.22. The number of Topliss-reactive ketones (excluding diaryl/α,β-unsaturated/α-hetero) is 1. The van der Waals surface area contributed by atoms with Crippen molar-refractivity contribution in [3.05, 3.63) is 105 Å². The monoisotopic (exact) mass is 592 g/mol. The molecule has 0 bridgehead atoms. The molecule has 3 rings (SSSR count). The lowest BCUT2D eigenvalue weighted by atomic mass is 9.93. The molecular weight excluding hydrogens is 561 g/mol. The summed E-state index contributed by atoms with van der Waals surface area (Å²) in [7, 11) is 0. The van der Waals surface area contributed by atoms with Crippen molar-refractivity contribution in [1.29, 1.82) is 0 Å². The maximum absolute atomic E-state index is 13.8. The number of aliphatic hydroxyl groups is 2. The number of aliphatic hydroxyl groups excluding tert-OH is 2. The Hall–Kier alpha value is -2.88. The van der Waals surface area contributed by atoms with Crippen LogP contribution < -0.4 is 10.6 Å². The topological polar surface area (TPSA) is 98.7 Å². The van der Waals surface area contributed by atoms with Crippen LogP contribution in [0.3, 0.4) is 0 Å². The molecule has 2 unspecified atom stereocenters. The van der Waals surface area contributed by atoms with Gasteiger partial charge >= 0.3 is 0 Å². The molecule has 0 radical (unpaired) electrons. The van der Waals surface area contributed by atoms with Crippen LogP contribution in [0.15, 0.2) is 60.7 Å². The van der Waals surface area contributed by atoms with Gasteiger partial charge in [0.25, 0.3) is 0 Å². The molecule has 1 amide bonds. The van der Waals surface area contributed by atoms with E-state index in [1.54, 1.807) is 0 Å². The van der Waals surface area contributed by atoms with Crippen LogP contribution in [0.4, 0.5) is 8.78 Å². The third-order valence-corrected chi connectivity index (χ3v) is 7.35. The van der Waals surface area contributed by atoms with Crippen LogP contribution in [0.5, 0.6) is 0 Å². The maximum atomic E-state index is 13.8. The minimum atomic E-state index is -1.77. The molecular formula is C30H32Cl2F2N2O4. The van der Waals surface area contributed by atoms with Gasteiger partial charge in [0.1, 0.15) is 17.7 Å². The molecule has 0 heterocycles. The highest BCUT2D eigenvalue weighted by atomic mass is 35.5. The Labute approximate surface area is 242 Å². The first-order chi connectivity index (χ1) is 19.0. The molecule has 0 fully saturated rings. The van der Waals surface area contributed by atoms with Crippen molar-refractivity contribution in [2.24, 2.45) is 5.92 Å². The average Bonchev–Trinajstić information content (AvgIpc) is 2.92. The van der Waals surface area contributed by atoms with Gasteiger partial charge in [-0.15, -0.1) is 0 Å². The van der Waals surface area contributed by atoms with Gasteiger partial charge in [-0.25, -0.2) is 8.78 Å². The molecule has 214 valence electrons. The van der Waals surface area contributed by atoms with Gasteiger partial charge in [0.15, 0.2) is 5.78 Å². The summed E-state index contributed by atoms with van der Waals surface area (Å²) < 4.78 is 27.7. The van der Waals surface area contributed by atoms with E-state index in [0.29, 0.717) is 6.54 Å². The van der Waals surface area contributed by atoms with Crippen LogP contribution in [0.25, 0.3) is 0 Å². The lowest BCUT2D eigenvalue weighted by Crippen LogP contribution is -2.52. The van der Waals surface area contributed by atoms with Crippen molar-refractivity contribution in [3.63, 3.8) is 0 Å². The van der Waals surface area contributed by atoms with Crippen LogP contribution in [0.2, 0.25) is 10.0 Å². The Kier molecular flexibility index (Phi) is 11.6. The van der Waals surface area contributed by atoms with Gasteiger partial charge in [-0.1, -0.05) is 61.3 Å². The van der Waals surface area contributed by atoms with Crippen molar-refractivity contribution in [3.8, 4) is 0 Å². The normalized spacial score (nSPS) is 14.3. The van der Waals surface area contributed by atoms with Crippen LogP contribution in [0.1, 0.15) is 40.9 Å². The summed E-state index contributed by atoms with van der Waals surface area (Å²) in [6.07, 6.45) is -2.22. The molecule has 3 aromatic carbocycles. The number of hydrogen-bond donors (Lipinski definition) is 4. The second-order valence-corrected chi connectivity index (χ2v) is 10.5. The maximum Gasteiger partial charge on any atom is 0.249 e. The predicted molar refractivity (Wildman–Crippen MR) is 151 cm³/mol. The van der Waals surface area contributed by atoms with Crippen molar-refractivity contribution >= 4 is 34.9 Å². The van der Waals surface area contributed by atoms with Crippen molar-refractivity contribution in [1.82, 2.24) is 10.6 Å². The molecule has 4 atom stereocenters. The number of halogens is 4. The number of amides is 1. The van der Waals surface area contributed by atoms with E-state index in [2.05, 4.69) is 10.6 Å². The fraction of sp³-hybridized carbons (Fsp3) is 0.333. The number of hydrogen-bond acceptors (Lipinski definition) is 5. The van der Waals surface area contributed by atoms with Crippen molar-refractivity contribution in [2.45, 2.75) is 51.5 Å². The number of nitrogens with one attached hydrogen (secondary N) is 2. The van der Waals surface area contributed by atoms with Crippen molar-refractivity contribution in [2.75, 3.05) is 6.54 Å². The Morgan fingerprint density at radius 1 is 0.900 bits per heavy atom. The molecule has 0 aliphatic carbocycles. The first-order valence-corrected chi connectivity index (χ1v) is 13.6. The van der Waals surface area contributed by atoms with E-state index >= 15 is 0 Å². The van der Waals surface area contributed by atoms with E-state index in [0.717, 1.165) is 35.7 Å². The minimum absolute atomic E-state index is 0.0347. The predicted octanol–water partition coefficient (Wildman–Crippen LogP) is 4.89. The van der Waals surface area contributed by atoms with E-state index in [1.165, 1.54) is 25.1 Å². The lowest BCUT2D eigenvalue weighted by molar-refractivity contribution is -0.132. The van der Waals surface area contributed by atoms with Gasteiger partial charge in [-0.2, -0.15) is 0 Å². The molecule has 6 nitrogen and oxygen atoms in total. The number of carbonyl (C=O) groups is 2. The standard InChI is InChI=1S/C30H32Cl2F2N2O4/c1-3-18-5-4-6-19(9-18)15-35-16-27(37)26(12-20-10-22(33)14-23(34)11-20)36-30(40)29(39)17(2)28(38)21-7-8-24(31)25(32)13-21/h4-11,13-14,17,26-27,29,35,37,39H,3,12,15-16H2,1-2H3,(H,36,40)/t17?,26-,27+,29?/m0/s1. The summed E-state index contributed by atoms with van der Waals surface area (Å²) >= 11 is 11.9. The average molecular weight is 593 g/mol. The first kappa shape index (κ1) is 31.6. The third-order valence-electron chi connectivity index (χ3n) is 6.61. The number of rotatable bonds is 13. The van der Waals surface area contributed by atoms with Gasteiger partial charge < -0.3 is 20.8 Å². The van der Waals surface area contributed by atoms with E-state index in [-0.39, 0.29) is 34.1 Å². The Bertz CT molecular complexity index is 1320. The number of carbonyl (C=O) groups excluding carboxylic acids is 2. The largest absolute Gasteiger partial charge is 0.390 e. The highest BCUT2D eigenvalue weighted by Gasteiger charge is 2.32. The summed E-state index contributed by atoms with van der Waals surface area (Å²) in [6, 6.07) is 14.0. The van der Waals surface area contributed by atoms with Gasteiger partial charge in [-0.05, 0) is 59.9 Å².